The average molecular weight is 437 g/mol. The first-order valence-corrected chi connectivity index (χ1v) is 10.8. The molecule has 1 fully saturated rings. The maximum atomic E-state index is 12.7. The zero-order valence-corrected chi connectivity index (χ0v) is 18.7. The van der Waals surface area contributed by atoms with Crippen molar-refractivity contribution in [3.8, 4) is 28.5 Å². The van der Waals surface area contributed by atoms with Crippen molar-refractivity contribution in [3.63, 3.8) is 0 Å². The molecule has 1 aliphatic heterocycles. The Bertz CT molecular complexity index is 1450. The maximum absolute atomic E-state index is 12.7. The number of hydrogen-bond donors (Lipinski definition) is 1. The molecule has 0 spiro atoms. The number of nitrogens with zero attached hydrogens (tertiary/aromatic N) is 3. The van der Waals surface area contributed by atoms with E-state index in [1.54, 1.807) is 24.1 Å². The van der Waals surface area contributed by atoms with Gasteiger partial charge in [-0.25, -0.2) is 0 Å². The Morgan fingerprint density at radius 3 is 2.58 bits per heavy atom. The van der Waals surface area contributed by atoms with Crippen LogP contribution >= 0.6 is 0 Å². The van der Waals surface area contributed by atoms with Crippen LogP contribution in [0.25, 0.3) is 33.6 Å². The van der Waals surface area contributed by atoms with Crippen molar-refractivity contribution in [2.24, 2.45) is 0 Å². The molecular formula is C27H23N3O3. The fourth-order valence-electron chi connectivity index (χ4n) is 4.38. The van der Waals surface area contributed by atoms with E-state index in [4.69, 9.17) is 4.42 Å². The number of furan rings is 1. The molecule has 5 rings (SSSR count). The van der Waals surface area contributed by atoms with Gasteiger partial charge in [0.05, 0.1) is 30.3 Å². The largest absolute Gasteiger partial charge is 0.454 e. The highest BCUT2D eigenvalue weighted by Crippen LogP contribution is 2.35. The number of hydrogen-bond acceptors (Lipinski definition) is 5. The zero-order chi connectivity index (χ0) is 23.3. The molecule has 1 aliphatic rings. The lowest BCUT2D eigenvalue weighted by Crippen LogP contribution is -2.61. The Balaban J connectivity index is 1.51. The quantitative estimate of drug-likeness (QED) is 0.494. The van der Waals surface area contributed by atoms with E-state index in [1.165, 1.54) is 0 Å². The van der Waals surface area contributed by atoms with Crippen molar-refractivity contribution >= 4 is 17.0 Å². The Morgan fingerprint density at radius 2 is 1.88 bits per heavy atom. The number of aliphatic hydroxyl groups is 1. The van der Waals surface area contributed by atoms with Gasteiger partial charge in [0.15, 0.2) is 5.58 Å². The van der Waals surface area contributed by atoms with Gasteiger partial charge in [0.2, 0.25) is 0 Å². The number of carbonyl (C=O) groups is 1. The topological polar surface area (TPSA) is 90.4 Å². The van der Waals surface area contributed by atoms with Gasteiger partial charge in [0.1, 0.15) is 11.3 Å². The molecule has 1 N–H and O–H groups in total. The lowest BCUT2D eigenvalue weighted by atomic mass is 9.95. The van der Waals surface area contributed by atoms with Crippen molar-refractivity contribution in [2.75, 3.05) is 13.1 Å². The van der Waals surface area contributed by atoms with Crippen molar-refractivity contribution in [1.29, 1.82) is 5.26 Å². The first-order valence-electron chi connectivity index (χ1n) is 10.8. The molecule has 0 atom stereocenters. The molecule has 0 radical (unpaired) electrons. The summed E-state index contributed by atoms with van der Waals surface area (Å²) in [4.78, 5) is 18.8. The number of carbonyl (C=O) groups excluding carboxylic acids is 1. The molecule has 2 aromatic heterocycles. The molecule has 3 heterocycles. The number of aryl methyl sites for hydroxylation is 2. The van der Waals surface area contributed by atoms with Crippen LogP contribution in [0.4, 0.5) is 0 Å². The number of nitriles is 1. The highest BCUT2D eigenvalue weighted by molar-refractivity contribution is 5.96. The van der Waals surface area contributed by atoms with Crippen LogP contribution < -0.4 is 0 Å². The molecule has 1 amide bonds. The molecule has 6 heteroatoms. The molecule has 2 aromatic carbocycles. The Labute approximate surface area is 191 Å². The minimum absolute atomic E-state index is 0.0857. The summed E-state index contributed by atoms with van der Waals surface area (Å²) in [6, 6.07) is 17.3. The van der Waals surface area contributed by atoms with E-state index in [-0.39, 0.29) is 5.91 Å². The number of β-amino-alcohol motifs (C(OH)–C–C–N with tert-alkyl or cyclic N) is 1. The third kappa shape index (κ3) is 3.67. The molecule has 0 bridgehead atoms. The van der Waals surface area contributed by atoms with Crippen LogP contribution in [0, 0.1) is 25.2 Å². The van der Waals surface area contributed by atoms with Gasteiger partial charge in [-0.1, -0.05) is 18.2 Å². The second-order valence-electron chi connectivity index (χ2n) is 9.01. The number of likely N-dealkylation sites (tertiary alicyclic amines) is 1. The maximum Gasteiger partial charge on any atom is 0.254 e. The summed E-state index contributed by atoms with van der Waals surface area (Å²) in [5.74, 6) is 0.582. The van der Waals surface area contributed by atoms with E-state index < -0.39 is 5.60 Å². The van der Waals surface area contributed by atoms with Crippen molar-refractivity contribution < 1.29 is 14.3 Å². The van der Waals surface area contributed by atoms with Crippen molar-refractivity contribution in [3.05, 3.63) is 77.0 Å². The van der Waals surface area contributed by atoms with Crippen LogP contribution in [0.3, 0.4) is 0 Å². The molecule has 0 unspecified atom stereocenters. The summed E-state index contributed by atoms with van der Waals surface area (Å²) in [6.07, 6.45) is 1.74. The number of aromatic nitrogens is 1. The number of pyridine rings is 1. The van der Waals surface area contributed by atoms with Gasteiger partial charge in [-0.15, -0.1) is 0 Å². The van der Waals surface area contributed by atoms with Gasteiger partial charge in [0.25, 0.3) is 5.91 Å². The van der Waals surface area contributed by atoms with E-state index in [9.17, 15) is 15.2 Å². The van der Waals surface area contributed by atoms with Gasteiger partial charge < -0.3 is 14.4 Å². The monoisotopic (exact) mass is 437 g/mol. The Kier molecular flexibility index (Phi) is 4.80. The summed E-state index contributed by atoms with van der Waals surface area (Å²) < 4.78 is 6.26. The third-order valence-corrected chi connectivity index (χ3v) is 6.17. The summed E-state index contributed by atoms with van der Waals surface area (Å²) in [6.45, 7) is 6.28. The lowest BCUT2D eigenvalue weighted by Gasteiger charge is -2.44. The SMILES string of the molecule is Cc1ccc(-c2ccnc3cc(-c4ccc(C(=O)N5CC(C)(O)C5)cc4C)oc23)cc1C#N. The van der Waals surface area contributed by atoms with Crippen LogP contribution in [-0.2, 0) is 0 Å². The highest BCUT2D eigenvalue weighted by atomic mass is 16.3. The van der Waals surface area contributed by atoms with Gasteiger partial charge in [-0.3, -0.25) is 9.78 Å². The third-order valence-electron chi connectivity index (χ3n) is 6.17. The van der Waals surface area contributed by atoms with Gasteiger partial charge in [-0.2, -0.15) is 5.26 Å². The van der Waals surface area contributed by atoms with E-state index >= 15 is 0 Å². The predicted octanol–water partition coefficient (Wildman–Crippen LogP) is 4.86. The zero-order valence-electron chi connectivity index (χ0n) is 18.7. The van der Waals surface area contributed by atoms with Gasteiger partial charge in [-0.05, 0) is 61.7 Å². The molecule has 33 heavy (non-hydrogen) atoms. The van der Waals surface area contributed by atoms with E-state index in [1.807, 2.05) is 56.3 Å². The summed E-state index contributed by atoms with van der Waals surface area (Å²) in [5.41, 5.74) is 6.30. The lowest BCUT2D eigenvalue weighted by molar-refractivity contribution is -0.0668. The van der Waals surface area contributed by atoms with E-state index in [2.05, 4.69) is 11.1 Å². The van der Waals surface area contributed by atoms with E-state index in [0.717, 1.165) is 33.3 Å². The van der Waals surface area contributed by atoms with Crippen molar-refractivity contribution in [1.82, 2.24) is 9.88 Å². The number of fused-ring (bicyclic) bond motifs is 1. The minimum Gasteiger partial charge on any atom is -0.454 e. The predicted molar refractivity (Wildman–Crippen MR) is 126 cm³/mol. The average Bonchev–Trinajstić information content (AvgIpc) is 3.21. The van der Waals surface area contributed by atoms with Crippen LogP contribution in [-0.4, -0.2) is 39.6 Å². The number of rotatable bonds is 3. The molecule has 6 nitrogen and oxygen atoms in total. The van der Waals surface area contributed by atoms with Crippen molar-refractivity contribution in [2.45, 2.75) is 26.4 Å². The standard InChI is InChI=1S/C27H23N3O3/c1-16-4-5-18(11-20(16)13-28)22-8-9-29-23-12-24(33-25(22)23)21-7-6-19(10-17(21)2)26(31)30-14-27(3,32)15-30/h4-12,32H,14-15H2,1-3H3. The summed E-state index contributed by atoms with van der Waals surface area (Å²) in [5, 5.41) is 19.3. The summed E-state index contributed by atoms with van der Waals surface area (Å²) in [7, 11) is 0. The second-order valence-corrected chi connectivity index (χ2v) is 9.01. The first kappa shape index (κ1) is 20.9. The smallest absolute Gasteiger partial charge is 0.254 e. The Hall–Kier alpha value is -3.95. The number of benzene rings is 2. The van der Waals surface area contributed by atoms with Crippen LogP contribution in [0.2, 0.25) is 0 Å². The van der Waals surface area contributed by atoms with Crippen LogP contribution in [0.5, 0.6) is 0 Å². The molecule has 4 aromatic rings. The second kappa shape index (κ2) is 7.58. The first-order chi connectivity index (χ1) is 15.8. The molecule has 0 saturated carbocycles. The highest BCUT2D eigenvalue weighted by Gasteiger charge is 2.39. The fourth-order valence-corrected chi connectivity index (χ4v) is 4.38. The minimum atomic E-state index is -0.797. The fraction of sp³-hybridized carbons (Fsp3) is 0.222. The summed E-state index contributed by atoms with van der Waals surface area (Å²) >= 11 is 0. The molecule has 164 valence electrons. The molecule has 1 saturated heterocycles. The Morgan fingerprint density at radius 1 is 1.09 bits per heavy atom. The molecular weight excluding hydrogens is 414 g/mol. The van der Waals surface area contributed by atoms with Crippen LogP contribution in [0.15, 0.2) is 59.1 Å². The normalized spacial score (nSPS) is 14.7. The number of amides is 1. The van der Waals surface area contributed by atoms with Gasteiger partial charge in [0, 0.05) is 29.0 Å². The molecule has 0 aliphatic carbocycles. The van der Waals surface area contributed by atoms with Gasteiger partial charge >= 0.3 is 0 Å². The van der Waals surface area contributed by atoms with Crippen LogP contribution in [0.1, 0.15) is 34.0 Å². The van der Waals surface area contributed by atoms with E-state index in [0.29, 0.717) is 35.6 Å².